The van der Waals surface area contributed by atoms with Gasteiger partial charge in [0.1, 0.15) is 11.0 Å². The summed E-state index contributed by atoms with van der Waals surface area (Å²) in [7, 11) is -0.380. The lowest BCUT2D eigenvalue weighted by Crippen LogP contribution is -2.32. The first-order chi connectivity index (χ1) is 12.5. The number of hydrogen-bond donors (Lipinski definition) is 1. The van der Waals surface area contributed by atoms with Crippen LogP contribution in [0, 0.1) is 0 Å². The Kier molecular flexibility index (Phi) is 7.87. The van der Waals surface area contributed by atoms with Gasteiger partial charge in [-0.25, -0.2) is 0 Å². The van der Waals surface area contributed by atoms with Gasteiger partial charge >= 0.3 is 5.97 Å². The molecule has 0 fully saturated rings. The summed E-state index contributed by atoms with van der Waals surface area (Å²) in [5, 5.41) is 2.00. The molecule has 0 saturated carbocycles. The number of carbonyl (C=O) groups excluding carboxylic acids is 2. The topological polar surface area (TPSA) is 72.5 Å². The molecule has 0 aromatic heterocycles. The maximum Gasteiger partial charge on any atom is 0.321 e. The van der Waals surface area contributed by atoms with E-state index in [1.54, 1.807) is 13.0 Å². The molecule has 2 atom stereocenters. The smallest absolute Gasteiger partial charge is 0.321 e. The second-order valence-corrected chi connectivity index (χ2v) is 8.14. The predicted molar refractivity (Wildman–Crippen MR) is 105 cm³/mol. The van der Waals surface area contributed by atoms with Crippen molar-refractivity contribution < 1.29 is 18.5 Å². The van der Waals surface area contributed by atoms with Gasteiger partial charge in [0.2, 0.25) is 5.91 Å². The molecule has 7 heteroatoms. The molecule has 2 unspecified atom stereocenters. The van der Waals surface area contributed by atoms with Crippen LogP contribution in [-0.4, -0.2) is 34.2 Å². The highest BCUT2D eigenvalue weighted by atomic mass is 32.2. The minimum absolute atomic E-state index is 0.252. The van der Waals surface area contributed by atoms with Crippen LogP contribution in [-0.2, 0) is 25.1 Å². The van der Waals surface area contributed by atoms with E-state index in [4.69, 9.17) is 0 Å². The molecule has 2 aromatic rings. The molecule has 2 aromatic carbocycles. The Labute approximate surface area is 160 Å². The number of rotatable bonds is 8. The number of anilines is 1. The number of carbonyl (C=O) groups is 2. The van der Waals surface area contributed by atoms with Gasteiger partial charge in [-0.1, -0.05) is 49.0 Å². The lowest BCUT2D eigenvalue weighted by molar-refractivity contribution is -0.140. The number of nitrogens with one attached hydrogen (secondary N) is 1. The Morgan fingerprint density at radius 1 is 1.12 bits per heavy atom. The zero-order valence-electron chi connectivity index (χ0n) is 14.6. The van der Waals surface area contributed by atoms with Crippen molar-refractivity contribution >= 4 is 40.1 Å². The zero-order chi connectivity index (χ0) is 18.9. The number of benzene rings is 2. The summed E-state index contributed by atoms with van der Waals surface area (Å²) in [5.74, 6) is -1.21. The van der Waals surface area contributed by atoms with Crippen molar-refractivity contribution in [2.24, 2.45) is 0 Å². The van der Waals surface area contributed by atoms with Crippen LogP contribution in [0.3, 0.4) is 0 Å². The molecule has 0 aliphatic carbocycles. The highest BCUT2D eigenvalue weighted by Crippen LogP contribution is 2.33. The first-order valence-electron chi connectivity index (χ1n) is 8.12. The Hall–Kier alpha value is -2.12. The third-order valence-electron chi connectivity index (χ3n) is 3.56. The fraction of sp³-hybridized carbons (Fsp3) is 0.263. The van der Waals surface area contributed by atoms with Gasteiger partial charge in [-0.3, -0.25) is 13.8 Å². The zero-order valence-corrected chi connectivity index (χ0v) is 16.3. The van der Waals surface area contributed by atoms with Crippen molar-refractivity contribution in [2.75, 3.05) is 18.2 Å². The maximum atomic E-state index is 12.3. The fourth-order valence-corrected chi connectivity index (χ4v) is 4.42. The average molecular weight is 392 g/mol. The molecule has 5 nitrogen and oxygen atoms in total. The van der Waals surface area contributed by atoms with E-state index in [9.17, 15) is 13.8 Å². The lowest BCUT2D eigenvalue weighted by atomic mass is 10.3. The normalized spacial score (nSPS) is 12.8. The monoisotopic (exact) mass is 391 g/mol. The van der Waals surface area contributed by atoms with Crippen LogP contribution in [0.2, 0.25) is 0 Å². The van der Waals surface area contributed by atoms with Crippen LogP contribution >= 0.6 is 11.8 Å². The summed E-state index contributed by atoms with van der Waals surface area (Å²) in [6.45, 7) is 1.74. The fourth-order valence-electron chi connectivity index (χ4n) is 2.28. The molecule has 0 spiro atoms. The summed E-state index contributed by atoms with van der Waals surface area (Å²) in [4.78, 5) is 25.9. The number of methoxy groups -OCH3 is 1. The quantitative estimate of drug-likeness (QED) is 0.698. The van der Waals surface area contributed by atoms with Crippen molar-refractivity contribution in [1.82, 2.24) is 0 Å². The molecule has 0 aliphatic heterocycles. The molecule has 0 bridgehead atoms. The Morgan fingerprint density at radius 3 is 2.42 bits per heavy atom. The molecule has 0 radical (unpaired) electrons. The first-order valence-corrected chi connectivity index (χ1v) is 10.3. The third kappa shape index (κ3) is 5.71. The van der Waals surface area contributed by atoms with Crippen LogP contribution in [0.4, 0.5) is 5.69 Å². The molecular weight excluding hydrogens is 370 g/mol. The number of hydrogen-bond acceptors (Lipinski definition) is 5. The van der Waals surface area contributed by atoms with Gasteiger partial charge in [-0.05, 0) is 30.7 Å². The molecule has 1 amide bonds. The van der Waals surface area contributed by atoms with E-state index in [0.29, 0.717) is 12.1 Å². The van der Waals surface area contributed by atoms with Crippen molar-refractivity contribution in [3.8, 4) is 0 Å². The molecule has 1 N–H and O–H groups in total. The lowest BCUT2D eigenvalue weighted by Gasteiger charge is -2.13. The summed E-state index contributed by atoms with van der Waals surface area (Å²) < 4.78 is 16.9. The minimum atomic E-state index is -1.63. The van der Waals surface area contributed by atoms with E-state index >= 15 is 0 Å². The average Bonchev–Trinajstić information content (AvgIpc) is 2.64. The highest BCUT2D eigenvalue weighted by molar-refractivity contribution is 7.99. The molecule has 2 rings (SSSR count). The summed E-state index contributed by atoms with van der Waals surface area (Å²) in [5.41, 5.74) is 0.648. The van der Waals surface area contributed by atoms with Gasteiger partial charge in [0.05, 0.1) is 12.8 Å². The van der Waals surface area contributed by atoms with E-state index in [1.165, 1.54) is 18.9 Å². The SMILES string of the molecule is CCC(C(=O)OC)S(=O)CC(=O)Nc1ccccc1Sc1ccccc1. The largest absolute Gasteiger partial charge is 0.468 e. The van der Waals surface area contributed by atoms with Gasteiger partial charge < -0.3 is 10.1 Å². The third-order valence-corrected chi connectivity index (χ3v) is 6.35. The number of esters is 1. The van der Waals surface area contributed by atoms with Crippen molar-refractivity contribution in [2.45, 2.75) is 28.4 Å². The highest BCUT2D eigenvalue weighted by Gasteiger charge is 2.26. The maximum absolute atomic E-state index is 12.3. The Bertz CT molecular complexity index is 780. The molecule has 0 aliphatic rings. The summed E-state index contributed by atoms with van der Waals surface area (Å²) in [6.07, 6.45) is 0.354. The van der Waals surface area contributed by atoms with Crippen LogP contribution in [0.1, 0.15) is 13.3 Å². The van der Waals surface area contributed by atoms with E-state index in [0.717, 1.165) is 9.79 Å². The van der Waals surface area contributed by atoms with Gasteiger partial charge in [0, 0.05) is 20.6 Å². The predicted octanol–water partition coefficient (Wildman–Crippen LogP) is 3.48. The molecule has 0 heterocycles. The van der Waals surface area contributed by atoms with E-state index < -0.39 is 27.9 Å². The summed E-state index contributed by atoms with van der Waals surface area (Å²) >= 11 is 1.53. The van der Waals surface area contributed by atoms with Crippen LogP contribution in [0.5, 0.6) is 0 Å². The summed E-state index contributed by atoms with van der Waals surface area (Å²) in [6, 6.07) is 17.2. The van der Waals surface area contributed by atoms with E-state index in [2.05, 4.69) is 10.1 Å². The van der Waals surface area contributed by atoms with Gasteiger partial charge in [0.25, 0.3) is 0 Å². The number of ether oxygens (including phenoxy) is 1. The molecule has 0 saturated heterocycles. The van der Waals surface area contributed by atoms with Crippen molar-refractivity contribution in [3.05, 3.63) is 54.6 Å². The second-order valence-electron chi connectivity index (χ2n) is 5.40. The second kappa shape index (κ2) is 10.1. The van der Waals surface area contributed by atoms with Gasteiger partial charge in [-0.15, -0.1) is 0 Å². The minimum Gasteiger partial charge on any atom is -0.468 e. The van der Waals surface area contributed by atoms with Crippen molar-refractivity contribution in [3.63, 3.8) is 0 Å². The standard InChI is InChI=1S/C19H21NO4S2/c1-3-17(19(22)24-2)26(23)13-18(21)20-15-11-7-8-12-16(15)25-14-9-5-4-6-10-14/h4-12,17H,3,13H2,1-2H3,(H,20,21). The van der Waals surface area contributed by atoms with Crippen LogP contribution in [0.25, 0.3) is 0 Å². The first kappa shape index (κ1) is 20.2. The molecule has 138 valence electrons. The molecule has 26 heavy (non-hydrogen) atoms. The van der Waals surface area contributed by atoms with E-state index in [-0.39, 0.29) is 5.75 Å². The van der Waals surface area contributed by atoms with Gasteiger partial charge in [0.15, 0.2) is 0 Å². The molecular formula is C19H21NO4S2. The van der Waals surface area contributed by atoms with E-state index in [1.807, 2.05) is 48.5 Å². The Morgan fingerprint density at radius 2 is 1.77 bits per heavy atom. The Balaban J connectivity index is 2.05. The van der Waals surface area contributed by atoms with Crippen molar-refractivity contribution in [1.29, 1.82) is 0 Å². The van der Waals surface area contributed by atoms with Crippen LogP contribution < -0.4 is 5.32 Å². The number of para-hydroxylation sites is 1. The number of amides is 1. The van der Waals surface area contributed by atoms with Crippen LogP contribution in [0.15, 0.2) is 64.4 Å². The van der Waals surface area contributed by atoms with Gasteiger partial charge in [-0.2, -0.15) is 0 Å².